The Morgan fingerprint density at radius 2 is 2.14 bits per heavy atom. The summed E-state index contributed by atoms with van der Waals surface area (Å²) in [5.74, 6) is 1.02. The quantitative estimate of drug-likeness (QED) is 0.447. The van der Waals surface area contributed by atoms with Gasteiger partial charge in [0, 0.05) is 35.6 Å². The SMILES string of the molecule is Cn1c(C(=O)Nc2ccc(Oc3cccc4[nH]ccc34)nc2)cc2ccsc21. The summed E-state index contributed by atoms with van der Waals surface area (Å²) in [5.41, 5.74) is 2.23. The lowest BCUT2D eigenvalue weighted by Crippen LogP contribution is -2.15. The molecule has 0 saturated heterocycles. The van der Waals surface area contributed by atoms with Crippen LogP contribution < -0.4 is 10.1 Å². The first-order valence-electron chi connectivity index (χ1n) is 8.73. The number of nitrogens with zero attached hydrogens (tertiary/aromatic N) is 2. The van der Waals surface area contributed by atoms with Crippen molar-refractivity contribution in [3.63, 3.8) is 0 Å². The van der Waals surface area contributed by atoms with Gasteiger partial charge in [-0.2, -0.15) is 0 Å². The normalized spacial score (nSPS) is 11.2. The molecule has 0 bridgehead atoms. The maximum Gasteiger partial charge on any atom is 0.272 e. The first kappa shape index (κ1) is 16.6. The Morgan fingerprint density at radius 3 is 2.96 bits per heavy atom. The molecule has 5 rings (SSSR count). The molecule has 6 nitrogen and oxygen atoms in total. The van der Waals surface area contributed by atoms with Gasteiger partial charge in [0.1, 0.15) is 16.3 Å². The van der Waals surface area contributed by atoms with Crippen molar-refractivity contribution in [1.82, 2.24) is 14.5 Å². The number of H-pyrrole nitrogens is 1. The van der Waals surface area contributed by atoms with Gasteiger partial charge in [-0.1, -0.05) is 6.07 Å². The van der Waals surface area contributed by atoms with Gasteiger partial charge in [0.2, 0.25) is 5.88 Å². The van der Waals surface area contributed by atoms with E-state index in [4.69, 9.17) is 4.74 Å². The van der Waals surface area contributed by atoms with Gasteiger partial charge in [-0.05, 0) is 41.8 Å². The number of anilines is 1. The van der Waals surface area contributed by atoms with Crippen molar-refractivity contribution in [2.45, 2.75) is 0 Å². The molecule has 4 heterocycles. The lowest BCUT2D eigenvalue weighted by Gasteiger charge is -2.08. The van der Waals surface area contributed by atoms with Crippen molar-refractivity contribution >= 4 is 44.1 Å². The van der Waals surface area contributed by atoms with Crippen molar-refractivity contribution in [3.8, 4) is 11.6 Å². The van der Waals surface area contributed by atoms with E-state index < -0.39 is 0 Å². The van der Waals surface area contributed by atoms with Crippen LogP contribution in [0.25, 0.3) is 21.1 Å². The second kappa shape index (κ2) is 6.54. The zero-order valence-corrected chi connectivity index (χ0v) is 15.8. The lowest BCUT2D eigenvalue weighted by molar-refractivity contribution is 0.101. The van der Waals surface area contributed by atoms with Gasteiger partial charge in [-0.25, -0.2) is 4.98 Å². The van der Waals surface area contributed by atoms with Crippen LogP contribution in [0.3, 0.4) is 0 Å². The standard InChI is InChI=1S/C21H16N4O2S/c1-25-17(11-13-8-10-28-21(13)25)20(26)24-14-5-6-19(23-12-14)27-18-4-2-3-16-15(18)7-9-22-16/h2-12,22H,1H3,(H,24,26). The molecule has 0 aliphatic heterocycles. The topological polar surface area (TPSA) is 71.9 Å². The minimum atomic E-state index is -0.168. The van der Waals surface area contributed by atoms with E-state index in [-0.39, 0.29) is 5.91 Å². The fourth-order valence-corrected chi connectivity index (χ4v) is 4.10. The number of amides is 1. The van der Waals surface area contributed by atoms with Crippen LogP contribution in [0.4, 0.5) is 5.69 Å². The van der Waals surface area contributed by atoms with E-state index in [0.717, 1.165) is 26.9 Å². The average molecular weight is 388 g/mol. The number of fused-ring (bicyclic) bond motifs is 2. The van der Waals surface area contributed by atoms with E-state index >= 15 is 0 Å². The summed E-state index contributed by atoms with van der Waals surface area (Å²) in [6.07, 6.45) is 3.47. The largest absolute Gasteiger partial charge is 0.438 e. The number of nitrogens with one attached hydrogen (secondary N) is 2. The molecule has 28 heavy (non-hydrogen) atoms. The van der Waals surface area contributed by atoms with Gasteiger partial charge in [0.05, 0.1) is 11.9 Å². The Labute approximate surface area is 164 Å². The monoisotopic (exact) mass is 388 g/mol. The molecule has 1 aromatic carbocycles. The summed E-state index contributed by atoms with van der Waals surface area (Å²) < 4.78 is 7.80. The summed E-state index contributed by atoms with van der Waals surface area (Å²) in [6, 6.07) is 15.2. The number of hydrogen-bond donors (Lipinski definition) is 2. The van der Waals surface area contributed by atoms with Crippen LogP contribution in [0, 0.1) is 0 Å². The fraction of sp³-hybridized carbons (Fsp3) is 0.0476. The van der Waals surface area contributed by atoms with Gasteiger partial charge < -0.3 is 19.6 Å². The number of pyridine rings is 1. The van der Waals surface area contributed by atoms with Crippen LogP contribution in [0.15, 0.2) is 66.3 Å². The van der Waals surface area contributed by atoms with Crippen LogP contribution in [0.1, 0.15) is 10.5 Å². The number of aromatic amines is 1. The summed E-state index contributed by atoms with van der Waals surface area (Å²) >= 11 is 1.61. The second-order valence-corrected chi connectivity index (χ2v) is 7.30. The molecule has 0 spiro atoms. The van der Waals surface area contributed by atoms with Gasteiger partial charge in [-0.15, -0.1) is 11.3 Å². The van der Waals surface area contributed by atoms with Crippen molar-refractivity contribution in [2.75, 3.05) is 5.32 Å². The number of carbonyl (C=O) groups is 1. The summed E-state index contributed by atoms with van der Waals surface area (Å²) in [7, 11) is 1.89. The van der Waals surface area contributed by atoms with Crippen molar-refractivity contribution in [1.29, 1.82) is 0 Å². The highest BCUT2D eigenvalue weighted by Crippen LogP contribution is 2.29. The molecule has 5 aromatic rings. The Hall–Kier alpha value is -3.58. The Morgan fingerprint density at radius 1 is 1.21 bits per heavy atom. The summed E-state index contributed by atoms with van der Waals surface area (Å²) in [4.78, 5) is 21.2. The zero-order valence-electron chi connectivity index (χ0n) is 15.0. The van der Waals surface area contributed by atoms with Crippen LogP contribution in [0.5, 0.6) is 11.6 Å². The molecule has 2 N–H and O–H groups in total. The van der Waals surface area contributed by atoms with Crippen molar-refractivity contribution in [3.05, 3.63) is 72.0 Å². The van der Waals surface area contributed by atoms with Gasteiger partial charge in [0.25, 0.3) is 5.91 Å². The van der Waals surface area contributed by atoms with Gasteiger partial charge >= 0.3 is 0 Å². The fourth-order valence-electron chi connectivity index (χ4n) is 3.23. The Bertz CT molecular complexity index is 1300. The highest BCUT2D eigenvalue weighted by molar-refractivity contribution is 7.16. The molecule has 0 unspecified atom stereocenters. The first-order chi connectivity index (χ1) is 13.7. The van der Waals surface area contributed by atoms with E-state index in [1.54, 1.807) is 29.7 Å². The molecule has 138 valence electrons. The maximum atomic E-state index is 12.6. The molecular weight excluding hydrogens is 372 g/mol. The van der Waals surface area contributed by atoms with Crippen LogP contribution in [-0.2, 0) is 7.05 Å². The predicted octanol–water partition coefficient (Wildman–Crippen LogP) is 5.16. The number of aryl methyl sites for hydroxylation is 1. The molecule has 0 radical (unpaired) electrons. The molecule has 0 saturated carbocycles. The third-order valence-electron chi connectivity index (χ3n) is 4.63. The third-order valence-corrected chi connectivity index (χ3v) is 5.63. The predicted molar refractivity (Wildman–Crippen MR) is 111 cm³/mol. The maximum absolute atomic E-state index is 12.6. The van der Waals surface area contributed by atoms with Crippen LogP contribution in [0.2, 0.25) is 0 Å². The zero-order chi connectivity index (χ0) is 19.1. The van der Waals surface area contributed by atoms with E-state index in [1.807, 2.05) is 59.6 Å². The molecule has 4 aromatic heterocycles. The lowest BCUT2D eigenvalue weighted by atomic mass is 10.2. The van der Waals surface area contributed by atoms with E-state index in [0.29, 0.717) is 17.3 Å². The molecule has 7 heteroatoms. The number of hydrogen-bond acceptors (Lipinski definition) is 4. The number of thiophene rings is 1. The Balaban J connectivity index is 1.33. The number of aromatic nitrogens is 3. The number of ether oxygens (including phenoxy) is 1. The van der Waals surface area contributed by atoms with Crippen molar-refractivity contribution < 1.29 is 9.53 Å². The van der Waals surface area contributed by atoms with E-state index in [9.17, 15) is 4.79 Å². The van der Waals surface area contributed by atoms with Crippen LogP contribution >= 0.6 is 11.3 Å². The van der Waals surface area contributed by atoms with E-state index in [1.165, 1.54) is 0 Å². The molecule has 0 aliphatic rings. The molecule has 0 fully saturated rings. The number of benzene rings is 1. The van der Waals surface area contributed by atoms with Gasteiger partial charge in [0.15, 0.2) is 0 Å². The Kier molecular flexibility index (Phi) is 3.87. The third kappa shape index (κ3) is 2.82. The number of carbonyl (C=O) groups excluding carboxylic acids is 1. The smallest absolute Gasteiger partial charge is 0.272 e. The minimum Gasteiger partial charge on any atom is -0.438 e. The summed E-state index contributed by atoms with van der Waals surface area (Å²) in [5, 5.41) is 6.96. The minimum absolute atomic E-state index is 0.168. The van der Waals surface area contributed by atoms with Crippen LogP contribution in [-0.4, -0.2) is 20.4 Å². The summed E-state index contributed by atoms with van der Waals surface area (Å²) in [6.45, 7) is 0. The van der Waals surface area contributed by atoms with Gasteiger partial charge in [-0.3, -0.25) is 4.79 Å². The number of rotatable bonds is 4. The van der Waals surface area contributed by atoms with E-state index in [2.05, 4.69) is 15.3 Å². The molecule has 0 atom stereocenters. The molecule has 1 amide bonds. The highest BCUT2D eigenvalue weighted by Gasteiger charge is 2.14. The molecular formula is C21H16N4O2S. The second-order valence-electron chi connectivity index (χ2n) is 6.41. The molecule has 0 aliphatic carbocycles. The first-order valence-corrected chi connectivity index (χ1v) is 9.61. The average Bonchev–Trinajstić information content (AvgIpc) is 3.41. The van der Waals surface area contributed by atoms with Crippen molar-refractivity contribution in [2.24, 2.45) is 7.05 Å². The highest BCUT2D eigenvalue weighted by atomic mass is 32.1.